The van der Waals surface area contributed by atoms with Crippen molar-refractivity contribution >= 4 is 11.8 Å². The molecule has 0 radical (unpaired) electrons. The summed E-state index contributed by atoms with van der Waals surface area (Å²) in [6.45, 7) is 7.59. The molecule has 2 unspecified atom stereocenters. The van der Waals surface area contributed by atoms with Crippen molar-refractivity contribution in [3.05, 3.63) is 54.0 Å². The molecular formula is C17H23N3S. The molecule has 0 saturated heterocycles. The Kier molecular flexibility index (Phi) is 6.21. The maximum absolute atomic E-state index is 4.31. The first kappa shape index (κ1) is 16.0. The lowest BCUT2D eigenvalue weighted by atomic mass is 10.0. The first-order valence-corrected chi connectivity index (χ1v) is 8.31. The summed E-state index contributed by atoms with van der Waals surface area (Å²) in [7, 11) is 0. The number of rotatable bonds is 7. The summed E-state index contributed by atoms with van der Waals surface area (Å²) in [5, 5.41) is 5.08. The Bertz CT molecular complexity index is 527. The second-order valence-corrected chi connectivity index (χ2v) is 6.61. The van der Waals surface area contributed by atoms with Crippen LogP contribution in [0.15, 0.2) is 47.9 Å². The maximum Gasteiger partial charge on any atom is 0.116 e. The predicted molar refractivity (Wildman–Crippen MR) is 89.6 cm³/mol. The molecule has 2 atom stereocenters. The van der Waals surface area contributed by atoms with E-state index < -0.39 is 0 Å². The van der Waals surface area contributed by atoms with Gasteiger partial charge in [-0.15, -0.1) is 11.8 Å². The smallest absolute Gasteiger partial charge is 0.116 e. The Balaban J connectivity index is 2.12. The third-order valence-electron chi connectivity index (χ3n) is 3.38. The summed E-state index contributed by atoms with van der Waals surface area (Å²) in [6, 6.07) is 11.1. The number of aromatic nitrogens is 2. The van der Waals surface area contributed by atoms with E-state index in [2.05, 4.69) is 60.3 Å². The molecule has 0 fully saturated rings. The third-order valence-corrected chi connectivity index (χ3v) is 4.51. The van der Waals surface area contributed by atoms with E-state index in [1.165, 1.54) is 11.1 Å². The Morgan fingerprint density at radius 3 is 2.57 bits per heavy atom. The van der Waals surface area contributed by atoms with Crippen molar-refractivity contribution in [1.82, 2.24) is 15.3 Å². The molecule has 2 aromatic rings. The van der Waals surface area contributed by atoms with E-state index in [0.717, 1.165) is 18.0 Å². The third kappa shape index (κ3) is 4.83. The van der Waals surface area contributed by atoms with Crippen molar-refractivity contribution in [2.24, 2.45) is 0 Å². The van der Waals surface area contributed by atoms with Crippen LogP contribution in [0.3, 0.4) is 0 Å². The highest BCUT2D eigenvalue weighted by molar-refractivity contribution is 7.99. The molecule has 21 heavy (non-hydrogen) atoms. The normalized spacial score (nSPS) is 13.9. The predicted octanol–water partition coefficient (Wildman–Crippen LogP) is 4.01. The number of aryl methyl sites for hydroxylation is 1. The van der Waals surface area contributed by atoms with E-state index in [1.54, 1.807) is 24.3 Å². The second kappa shape index (κ2) is 8.15. The van der Waals surface area contributed by atoms with Crippen molar-refractivity contribution < 1.29 is 0 Å². The molecule has 0 saturated carbocycles. The number of hydrogen-bond donors (Lipinski definition) is 1. The molecule has 0 amide bonds. The van der Waals surface area contributed by atoms with Gasteiger partial charge in [0.2, 0.25) is 0 Å². The lowest BCUT2D eigenvalue weighted by molar-refractivity contribution is 0.527. The first-order chi connectivity index (χ1) is 10.2. The van der Waals surface area contributed by atoms with Gasteiger partial charge in [0.15, 0.2) is 0 Å². The summed E-state index contributed by atoms with van der Waals surface area (Å²) in [5.74, 6) is 0. The monoisotopic (exact) mass is 301 g/mol. The van der Waals surface area contributed by atoms with Gasteiger partial charge in [-0.2, -0.15) is 0 Å². The van der Waals surface area contributed by atoms with Crippen LogP contribution in [0, 0.1) is 6.92 Å². The fourth-order valence-electron chi connectivity index (χ4n) is 2.24. The minimum atomic E-state index is 0.325. The summed E-state index contributed by atoms with van der Waals surface area (Å²) in [5.41, 5.74) is 2.63. The number of nitrogens with one attached hydrogen (secondary N) is 1. The molecular weight excluding hydrogens is 278 g/mol. The molecule has 0 aliphatic carbocycles. The van der Waals surface area contributed by atoms with Crippen LogP contribution in [-0.4, -0.2) is 21.8 Å². The summed E-state index contributed by atoms with van der Waals surface area (Å²) in [4.78, 5) is 8.29. The molecule has 0 aliphatic rings. The Labute approximate surface area is 131 Å². The first-order valence-electron chi connectivity index (χ1n) is 7.43. The zero-order chi connectivity index (χ0) is 15.1. The molecule has 1 N–H and O–H groups in total. The Morgan fingerprint density at radius 1 is 1.19 bits per heavy atom. The molecule has 1 aromatic carbocycles. The lowest BCUT2D eigenvalue weighted by Gasteiger charge is -2.25. The number of benzene rings is 1. The van der Waals surface area contributed by atoms with Crippen LogP contribution in [-0.2, 0) is 0 Å². The number of nitrogens with zero attached hydrogens (tertiary/aromatic N) is 2. The minimum Gasteiger partial charge on any atom is -0.309 e. The standard InChI is InChI=1S/C17H23N3S/c1-4-10-19-17(15-7-5-13(2)6-8-15)14(3)21-16-9-11-18-12-20-16/h5-9,11-12,14,17,19H,4,10H2,1-3H3. The summed E-state index contributed by atoms with van der Waals surface area (Å²) in [6.07, 6.45) is 4.53. The van der Waals surface area contributed by atoms with Gasteiger partial charge in [0.25, 0.3) is 0 Å². The second-order valence-electron chi connectivity index (χ2n) is 5.21. The largest absolute Gasteiger partial charge is 0.309 e. The quantitative estimate of drug-likeness (QED) is 0.619. The zero-order valence-corrected chi connectivity index (χ0v) is 13.7. The van der Waals surface area contributed by atoms with Gasteiger partial charge in [-0.25, -0.2) is 9.97 Å². The van der Waals surface area contributed by atoms with Gasteiger partial charge >= 0.3 is 0 Å². The van der Waals surface area contributed by atoms with Gasteiger partial charge in [0.1, 0.15) is 6.33 Å². The molecule has 2 rings (SSSR count). The van der Waals surface area contributed by atoms with Crippen LogP contribution in [0.2, 0.25) is 0 Å². The lowest BCUT2D eigenvalue weighted by Crippen LogP contribution is -2.29. The van der Waals surface area contributed by atoms with E-state index in [4.69, 9.17) is 0 Å². The Hall–Kier alpha value is -1.39. The highest BCUT2D eigenvalue weighted by Crippen LogP contribution is 2.30. The van der Waals surface area contributed by atoms with Gasteiger partial charge in [0, 0.05) is 17.5 Å². The van der Waals surface area contributed by atoms with Gasteiger partial charge in [-0.3, -0.25) is 0 Å². The van der Waals surface area contributed by atoms with Crippen LogP contribution in [0.5, 0.6) is 0 Å². The van der Waals surface area contributed by atoms with Crippen LogP contribution in [0.1, 0.15) is 37.4 Å². The van der Waals surface area contributed by atoms with E-state index in [-0.39, 0.29) is 0 Å². The van der Waals surface area contributed by atoms with E-state index in [0.29, 0.717) is 11.3 Å². The fraction of sp³-hybridized carbons (Fsp3) is 0.412. The van der Waals surface area contributed by atoms with Crippen molar-refractivity contribution in [1.29, 1.82) is 0 Å². The van der Waals surface area contributed by atoms with Gasteiger partial charge < -0.3 is 5.32 Å². The van der Waals surface area contributed by atoms with Crippen molar-refractivity contribution in [3.63, 3.8) is 0 Å². The maximum atomic E-state index is 4.31. The Morgan fingerprint density at radius 2 is 1.95 bits per heavy atom. The van der Waals surface area contributed by atoms with E-state index in [9.17, 15) is 0 Å². The molecule has 4 heteroatoms. The van der Waals surface area contributed by atoms with Gasteiger partial charge in [-0.05, 0) is 31.5 Å². The molecule has 1 aromatic heterocycles. The number of thioether (sulfide) groups is 1. The van der Waals surface area contributed by atoms with Crippen LogP contribution >= 0.6 is 11.8 Å². The van der Waals surface area contributed by atoms with Crippen molar-refractivity contribution in [2.75, 3.05) is 6.54 Å². The molecule has 112 valence electrons. The average molecular weight is 301 g/mol. The highest BCUT2D eigenvalue weighted by Gasteiger charge is 2.20. The van der Waals surface area contributed by atoms with Crippen LogP contribution < -0.4 is 5.32 Å². The van der Waals surface area contributed by atoms with Gasteiger partial charge in [-0.1, -0.05) is 43.7 Å². The molecule has 3 nitrogen and oxygen atoms in total. The van der Waals surface area contributed by atoms with Crippen LogP contribution in [0.4, 0.5) is 0 Å². The summed E-state index contributed by atoms with van der Waals surface area (Å²) < 4.78 is 0. The summed E-state index contributed by atoms with van der Waals surface area (Å²) >= 11 is 1.79. The topological polar surface area (TPSA) is 37.8 Å². The molecule has 0 aliphatic heterocycles. The van der Waals surface area contributed by atoms with Crippen LogP contribution in [0.25, 0.3) is 0 Å². The van der Waals surface area contributed by atoms with E-state index in [1.807, 2.05) is 6.07 Å². The zero-order valence-electron chi connectivity index (χ0n) is 12.9. The highest BCUT2D eigenvalue weighted by atomic mass is 32.2. The molecule has 0 spiro atoms. The average Bonchev–Trinajstić information content (AvgIpc) is 2.50. The van der Waals surface area contributed by atoms with Crippen molar-refractivity contribution in [2.45, 2.75) is 43.5 Å². The van der Waals surface area contributed by atoms with Gasteiger partial charge in [0.05, 0.1) is 5.03 Å². The fourth-order valence-corrected chi connectivity index (χ4v) is 3.25. The molecule has 1 heterocycles. The SMILES string of the molecule is CCCNC(c1ccc(C)cc1)C(C)Sc1ccncn1. The minimum absolute atomic E-state index is 0.325. The number of hydrogen-bond acceptors (Lipinski definition) is 4. The van der Waals surface area contributed by atoms with E-state index >= 15 is 0 Å². The van der Waals surface area contributed by atoms with Crippen molar-refractivity contribution in [3.8, 4) is 0 Å². The molecule has 0 bridgehead atoms.